The third-order valence-corrected chi connectivity index (χ3v) is 4.34. The average Bonchev–Trinajstić information content (AvgIpc) is 2.60. The first-order valence-corrected chi connectivity index (χ1v) is 8.06. The first-order valence-electron chi connectivity index (χ1n) is 7.27. The lowest BCUT2D eigenvalue weighted by atomic mass is 9.88. The van der Waals surface area contributed by atoms with E-state index in [0.29, 0.717) is 10.0 Å². The third kappa shape index (κ3) is 3.31. The average molecular weight is 407 g/mol. The van der Waals surface area contributed by atoms with Gasteiger partial charge in [-0.15, -0.1) is 0 Å². The molecule has 8 heteroatoms. The molecule has 0 saturated heterocycles. The van der Waals surface area contributed by atoms with Crippen molar-refractivity contribution in [1.82, 2.24) is 10.4 Å². The van der Waals surface area contributed by atoms with Crippen molar-refractivity contribution in [2.45, 2.75) is 12.5 Å². The van der Waals surface area contributed by atoms with Gasteiger partial charge in [-0.25, -0.2) is 4.39 Å². The number of nitrogens with zero attached hydrogens (tertiary/aromatic N) is 1. The Morgan fingerprint density at radius 2 is 1.88 bits per heavy atom. The van der Waals surface area contributed by atoms with Crippen LogP contribution in [-0.4, -0.2) is 28.0 Å². The number of carbonyl (C=O) groups excluding carboxylic acids is 3. The highest BCUT2D eigenvalue weighted by Crippen LogP contribution is 2.31. The molecule has 0 spiro atoms. The summed E-state index contributed by atoms with van der Waals surface area (Å²) in [6, 6.07) is 10.1. The van der Waals surface area contributed by atoms with Gasteiger partial charge < -0.3 is 5.32 Å². The molecule has 1 aliphatic rings. The van der Waals surface area contributed by atoms with Crippen LogP contribution in [0.1, 0.15) is 27.4 Å². The molecule has 0 bridgehead atoms. The number of halogens is 2. The summed E-state index contributed by atoms with van der Waals surface area (Å²) in [5.74, 6) is -4.30. The Hall–Kier alpha value is -2.58. The monoisotopic (exact) mass is 406 g/mol. The molecule has 6 nitrogen and oxygen atoms in total. The highest BCUT2D eigenvalue weighted by atomic mass is 79.9. The lowest BCUT2D eigenvalue weighted by Gasteiger charge is -2.27. The van der Waals surface area contributed by atoms with Gasteiger partial charge in [0.1, 0.15) is 11.7 Å². The molecule has 0 radical (unpaired) electrons. The molecule has 2 aromatic rings. The van der Waals surface area contributed by atoms with Crippen molar-refractivity contribution in [3.63, 3.8) is 0 Å². The molecule has 1 heterocycles. The summed E-state index contributed by atoms with van der Waals surface area (Å²) < 4.78 is 13.5. The fourth-order valence-corrected chi connectivity index (χ4v) is 2.94. The van der Waals surface area contributed by atoms with E-state index >= 15 is 0 Å². The van der Waals surface area contributed by atoms with Gasteiger partial charge in [0.15, 0.2) is 0 Å². The number of amides is 3. The van der Waals surface area contributed by atoms with Crippen LogP contribution in [0.4, 0.5) is 4.39 Å². The lowest BCUT2D eigenvalue weighted by molar-refractivity contribution is -0.158. The zero-order chi connectivity index (χ0) is 18.1. The van der Waals surface area contributed by atoms with Crippen LogP contribution in [0, 0.1) is 5.82 Å². The Morgan fingerprint density at radius 1 is 1.20 bits per heavy atom. The van der Waals surface area contributed by atoms with Gasteiger partial charge in [-0.2, -0.15) is 5.06 Å². The number of benzene rings is 2. The van der Waals surface area contributed by atoms with Crippen molar-refractivity contribution in [1.29, 1.82) is 0 Å². The molecule has 3 amide bonds. The van der Waals surface area contributed by atoms with Crippen LogP contribution in [0.3, 0.4) is 0 Å². The number of rotatable bonds is 3. The Bertz CT molecular complexity index is 869. The Labute approximate surface area is 150 Å². The van der Waals surface area contributed by atoms with Crippen molar-refractivity contribution in [2.24, 2.45) is 0 Å². The number of fused-ring (bicyclic) bond motifs is 1. The number of nitrogens with one attached hydrogen (secondary N) is 1. The van der Waals surface area contributed by atoms with Crippen LogP contribution >= 0.6 is 15.9 Å². The predicted octanol–water partition coefficient (Wildman–Crippen LogP) is 2.36. The number of hydroxylamine groups is 2. The zero-order valence-corrected chi connectivity index (χ0v) is 14.3. The van der Waals surface area contributed by atoms with Crippen molar-refractivity contribution < 1.29 is 24.0 Å². The molecule has 0 fully saturated rings. The summed E-state index contributed by atoms with van der Waals surface area (Å²) in [6.45, 7) is 0.0775. The maximum absolute atomic E-state index is 12.9. The molecule has 3 rings (SSSR count). The number of hydrogen-bond acceptors (Lipinski definition) is 4. The van der Waals surface area contributed by atoms with Gasteiger partial charge in [0.2, 0.25) is 5.91 Å². The molecule has 0 aliphatic carbocycles. The molecule has 2 aromatic carbocycles. The van der Waals surface area contributed by atoms with E-state index in [1.54, 1.807) is 6.07 Å². The van der Waals surface area contributed by atoms with Gasteiger partial charge in [-0.1, -0.05) is 34.1 Å². The van der Waals surface area contributed by atoms with Gasteiger partial charge in [-0.3, -0.25) is 19.6 Å². The second-order valence-electron chi connectivity index (χ2n) is 5.46. The van der Waals surface area contributed by atoms with Crippen LogP contribution in [0.25, 0.3) is 0 Å². The molecule has 1 aliphatic heterocycles. The van der Waals surface area contributed by atoms with Crippen molar-refractivity contribution in [3.05, 3.63) is 69.4 Å². The molecule has 128 valence electrons. The van der Waals surface area contributed by atoms with E-state index in [1.165, 1.54) is 36.4 Å². The first-order chi connectivity index (χ1) is 11.9. The van der Waals surface area contributed by atoms with Gasteiger partial charge >= 0.3 is 0 Å². The maximum Gasteiger partial charge on any atom is 0.284 e. The predicted molar refractivity (Wildman–Crippen MR) is 88.1 cm³/mol. The molecule has 0 saturated carbocycles. The maximum atomic E-state index is 12.9. The van der Waals surface area contributed by atoms with Crippen molar-refractivity contribution >= 4 is 33.7 Å². The second-order valence-corrected chi connectivity index (χ2v) is 6.38. The van der Waals surface area contributed by atoms with E-state index in [-0.39, 0.29) is 22.7 Å². The van der Waals surface area contributed by atoms with Crippen LogP contribution in [0.15, 0.2) is 46.9 Å². The minimum absolute atomic E-state index is 0.0447. The third-order valence-electron chi connectivity index (χ3n) is 3.85. The Kier molecular flexibility index (Phi) is 4.65. The summed E-state index contributed by atoms with van der Waals surface area (Å²) in [5, 5.41) is 12.2. The van der Waals surface area contributed by atoms with E-state index in [0.717, 1.165) is 0 Å². The van der Waals surface area contributed by atoms with Crippen molar-refractivity contribution in [2.75, 3.05) is 0 Å². The number of hydrogen-bond donors (Lipinski definition) is 2. The lowest BCUT2D eigenvalue weighted by Crippen LogP contribution is -2.47. The summed E-state index contributed by atoms with van der Waals surface area (Å²) in [4.78, 5) is 36.7. The fourth-order valence-electron chi connectivity index (χ4n) is 2.58. The molecule has 1 atom stereocenters. The minimum atomic E-state index is -1.34. The van der Waals surface area contributed by atoms with E-state index in [9.17, 15) is 24.0 Å². The largest absolute Gasteiger partial charge is 0.351 e. The van der Waals surface area contributed by atoms with E-state index < -0.39 is 29.5 Å². The van der Waals surface area contributed by atoms with Gasteiger partial charge in [0.05, 0.1) is 0 Å². The van der Waals surface area contributed by atoms with Crippen LogP contribution in [-0.2, 0) is 16.1 Å². The Balaban J connectivity index is 1.86. The van der Waals surface area contributed by atoms with Crippen LogP contribution < -0.4 is 5.32 Å². The van der Waals surface area contributed by atoms with Crippen molar-refractivity contribution in [3.8, 4) is 0 Å². The second kappa shape index (κ2) is 6.73. The quantitative estimate of drug-likeness (QED) is 0.465. The molecule has 2 N–H and O–H groups in total. The Morgan fingerprint density at radius 3 is 2.56 bits per heavy atom. The molecular formula is C17H12BrFN2O4. The molecule has 25 heavy (non-hydrogen) atoms. The number of imide groups is 1. The summed E-state index contributed by atoms with van der Waals surface area (Å²) in [5.41, 5.74) is 0.935. The van der Waals surface area contributed by atoms with E-state index in [1.807, 2.05) is 0 Å². The first kappa shape index (κ1) is 17.2. The summed E-state index contributed by atoms with van der Waals surface area (Å²) in [6.07, 6.45) is 0. The minimum Gasteiger partial charge on any atom is -0.351 e. The number of carbonyl (C=O) groups is 3. The van der Waals surface area contributed by atoms with E-state index in [4.69, 9.17) is 0 Å². The van der Waals surface area contributed by atoms with Gasteiger partial charge in [0, 0.05) is 16.6 Å². The SMILES string of the molecule is O=C(NCc1ccc(F)cc1)C1C(=O)N(O)C(=O)c2cc(Br)ccc21. The van der Waals surface area contributed by atoms with Crippen LogP contribution in [0.2, 0.25) is 0 Å². The summed E-state index contributed by atoms with van der Waals surface area (Å²) >= 11 is 3.21. The van der Waals surface area contributed by atoms with Gasteiger partial charge in [-0.05, 0) is 35.4 Å². The fraction of sp³-hybridized carbons (Fsp3) is 0.118. The topological polar surface area (TPSA) is 86.7 Å². The normalized spacial score (nSPS) is 16.6. The zero-order valence-electron chi connectivity index (χ0n) is 12.7. The standard InChI is InChI=1S/C17H12BrFN2O4/c18-10-3-6-12-13(7-10)16(23)21(25)17(24)14(12)15(22)20-8-9-1-4-11(19)5-2-9/h1-7,14,25H,8H2,(H,20,22). The molecular weight excluding hydrogens is 395 g/mol. The van der Waals surface area contributed by atoms with Gasteiger partial charge in [0.25, 0.3) is 11.8 Å². The highest BCUT2D eigenvalue weighted by molar-refractivity contribution is 9.10. The smallest absolute Gasteiger partial charge is 0.284 e. The summed E-state index contributed by atoms with van der Waals surface area (Å²) in [7, 11) is 0. The van der Waals surface area contributed by atoms with Crippen LogP contribution in [0.5, 0.6) is 0 Å². The molecule has 1 unspecified atom stereocenters. The highest BCUT2D eigenvalue weighted by Gasteiger charge is 2.42. The van der Waals surface area contributed by atoms with E-state index in [2.05, 4.69) is 21.2 Å². The molecule has 0 aromatic heterocycles.